The third-order valence-electron chi connectivity index (χ3n) is 5.41. The van der Waals surface area contributed by atoms with Crippen molar-refractivity contribution in [3.8, 4) is 11.5 Å². The van der Waals surface area contributed by atoms with Crippen molar-refractivity contribution in [1.82, 2.24) is 10.2 Å². The van der Waals surface area contributed by atoms with Gasteiger partial charge in [0.2, 0.25) is 0 Å². The first-order valence-corrected chi connectivity index (χ1v) is 11.2. The van der Waals surface area contributed by atoms with Crippen molar-refractivity contribution in [2.75, 3.05) is 44.4 Å². The molecule has 2 aromatic carbocycles. The minimum Gasteiger partial charge on any atom is -0.490 e. The minimum atomic E-state index is -0.813. The number of morpholine rings is 1. The zero-order chi connectivity index (χ0) is 24.8. The summed E-state index contributed by atoms with van der Waals surface area (Å²) in [6, 6.07) is 12.4. The Balaban J connectivity index is 1.54. The van der Waals surface area contributed by atoms with Gasteiger partial charge >= 0.3 is 6.03 Å². The fourth-order valence-electron chi connectivity index (χ4n) is 3.68. The predicted molar refractivity (Wildman–Crippen MR) is 126 cm³/mol. The zero-order valence-corrected chi connectivity index (χ0v) is 19.2. The van der Waals surface area contributed by atoms with Crippen molar-refractivity contribution < 1.29 is 33.4 Å². The molecule has 0 bridgehead atoms. The average Bonchev–Trinajstić information content (AvgIpc) is 2.87. The maximum absolute atomic E-state index is 13.0. The first-order chi connectivity index (χ1) is 17.0. The Morgan fingerprint density at radius 2 is 1.77 bits per heavy atom. The van der Waals surface area contributed by atoms with Crippen molar-refractivity contribution in [2.24, 2.45) is 0 Å². The Morgan fingerprint density at radius 3 is 2.49 bits per heavy atom. The molecule has 0 aliphatic carbocycles. The molecule has 1 N–H and O–H groups in total. The summed E-state index contributed by atoms with van der Waals surface area (Å²) in [6.07, 6.45) is 1.38. The molecular weight excluding hydrogens is 454 g/mol. The molecule has 0 spiro atoms. The van der Waals surface area contributed by atoms with Crippen LogP contribution in [0.3, 0.4) is 0 Å². The molecule has 10 nitrogen and oxygen atoms in total. The molecule has 2 heterocycles. The summed E-state index contributed by atoms with van der Waals surface area (Å²) < 4.78 is 16.6. The molecule has 2 aromatic rings. The molecule has 5 amide bonds. The third kappa shape index (κ3) is 5.49. The van der Waals surface area contributed by atoms with Gasteiger partial charge in [-0.2, -0.15) is 0 Å². The van der Waals surface area contributed by atoms with Gasteiger partial charge in [0.15, 0.2) is 18.1 Å². The van der Waals surface area contributed by atoms with Crippen molar-refractivity contribution in [1.29, 1.82) is 0 Å². The Kier molecular flexibility index (Phi) is 7.41. The van der Waals surface area contributed by atoms with Gasteiger partial charge in [0.1, 0.15) is 5.57 Å². The number of ether oxygens (including phenoxy) is 3. The molecule has 2 aliphatic rings. The average molecular weight is 479 g/mol. The molecule has 4 rings (SSSR count). The van der Waals surface area contributed by atoms with Crippen molar-refractivity contribution in [2.45, 2.75) is 6.92 Å². The highest BCUT2D eigenvalue weighted by molar-refractivity contribution is 6.39. The number of carbonyl (C=O) groups excluding carboxylic acids is 4. The van der Waals surface area contributed by atoms with Crippen LogP contribution in [0.2, 0.25) is 0 Å². The number of benzene rings is 2. The lowest BCUT2D eigenvalue weighted by atomic mass is 10.1. The first-order valence-electron chi connectivity index (χ1n) is 11.2. The summed E-state index contributed by atoms with van der Waals surface area (Å²) in [5, 5.41) is 2.20. The van der Waals surface area contributed by atoms with E-state index in [1.54, 1.807) is 60.4 Å². The number of carbonyl (C=O) groups is 4. The second kappa shape index (κ2) is 10.8. The van der Waals surface area contributed by atoms with E-state index in [0.29, 0.717) is 55.7 Å². The highest BCUT2D eigenvalue weighted by Gasteiger charge is 2.36. The largest absolute Gasteiger partial charge is 0.490 e. The van der Waals surface area contributed by atoms with Crippen LogP contribution in [0.1, 0.15) is 12.5 Å². The van der Waals surface area contributed by atoms with Crippen LogP contribution in [0, 0.1) is 0 Å². The lowest BCUT2D eigenvalue weighted by Crippen LogP contribution is -2.54. The van der Waals surface area contributed by atoms with E-state index in [2.05, 4.69) is 5.32 Å². The van der Waals surface area contributed by atoms with Crippen LogP contribution in [0.15, 0.2) is 54.1 Å². The smallest absolute Gasteiger partial charge is 0.335 e. The molecule has 0 atom stereocenters. The molecule has 0 saturated carbocycles. The summed E-state index contributed by atoms with van der Waals surface area (Å²) in [5.41, 5.74) is 0.630. The molecule has 2 fully saturated rings. The summed E-state index contributed by atoms with van der Waals surface area (Å²) in [7, 11) is 0. The number of para-hydroxylation sites is 1. The number of nitrogens with zero attached hydrogens (tertiary/aromatic N) is 2. The molecule has 2 aliphatic heterocycles. The van der Waals surface area contributed by atoms with Crippen molar-refractivity contribution in [3.63, 3.8) is 0 Å². The van der Waals surface area contributed by atoms with Crippen LogP contribution in [0.5, 0.6) is 11.5 Å². The van der Waals surface area contributed by atoms with E-state index in [1.807, 2.05) is 0 Å². The molecular formula is C25H25N3O7. The Morgan fingerprint density at radius 1 is 1.03 bits per heavy atom. The molecule has 2 saturated heterocycles. The number of urea groups is 1. The number of nitrogens with one attached hydrogen (secondary N) is 1. The zero-order valence-electron chi connectivity index (χ0n) is 19.2. The number of amides is 5. The van der Waals surface area contributed by atoms with E-state index in [-0.39, 0.29) is 18.1 Å². The van der Waals surface area contributed by atoms with Crippen LogP contribution in [-0.4, -0.2) is 68.2 Å². The highest BCUT2D eigenvalue weighted by Crippen LogP contribution is 2.30. The fourth-order valence-corrected chi connectivity index (χ4v) is 3.68. The summed E-state index contributed by atoms with van der Waals surface area (Å²) >= 11 is 0. The second-order valence-corrected chi connectivity index (χ2v) is 7.71. The first kappa shape index (κ1) is 24.0. The Bertz CT molecular complexity index is 1160. The van der Waals surface area contributed by atoms with Gasteiger partial charge in [-0.25, -0.2) is 9.69 Å². The number of hydrogen-bond donors (Lipinski definition) is 1. The molecule has 0 aromatic heterocycles. The SMILES string of the molecule is CCOc1cc(/C=C2/C(=O)NC(=O)N(c3ccccc3)C2=O)ccc1OCC(=O)N1CCOCC1. The normalized spacial score (nSPS) is 17.4. The number of anilines is 1. The minimum absolute atomic E-state index is 0.155. The monoisotopic (exact) mass is 479 g/mol. The van der Waals surface area contributed by atoms with Crippen LogP contribution in [0.25, 0.3) is 6.08 Å². The molecule has 35 heavy (non-hydrogen) atoms. The molecule has 182 valence electrons. The van der Waals surface area contributed by atoms with E-state index in [4.69, 9.17) is 14.2 Å². The van der Waals surface area contributed by atoms with Gasteiger partial charge < -0.3 is 19.1 Å². The van der Waals surface area contributed by atoms with Gasteiger partial charge in [-0.1, -0.05) is 24.3 Å². The Hall–Kier alpha value is -4.18. The van der Waals surface area contributed by atoms with Crippen LogP contribution in [0.4, 0.5) is 10.5 Å². The van der Waals surface area contributed by atoms with E-state index in [9.17, 15) is 19.2 Å². The van der Waals surface area contributed by atoms with Gasteiger partial charge in [0, 0.05) is 13.1 Å². The van der Waals surface area contributed by atoms with E-state index in [0.717, 1.165) is 4.90 Å². The van der Waals surface area contributed by atoms with E-state index >= 15 is 0 Å². The second-order valence-electron chi connectivity index (χ2n) is 7.71. The van der Waals surface area contributed by atoms with Crippen molar-refractivity contribution in [3.05, 3.63) is 59.7 Å². The number of imide groups is 2. The van der Waals surface area contributed by atoms with E-state index in [1.165, 1.54) is 6.08 Å². The molecule has 0 unspecified atom stereocenters. The quantitative estimate of drug-likeness (QED) is 0.477. The Labute approximate surface area is 202 Å². The van der Waals surface area contributed by atoms with Crippen LogP contribution >= 0.6 is 0 Å². The molecule has 0 radical (unpaired) electrons. The highest BCUT2D eigenvalue weighted by atomic mass is 16.5. The van der Waals surface area contributed by atoms with E-state index < -0.39 is 17.8 Å². The molecule has 10 heteroatoms. The van der Waals surface area contributed by atoms with Crippen molar-refractivity contribution >= 4 is 35.5 Å². The lowest BCUT2D eigenvalue weighted by Gasteiger charge is -2.27. The standard InChI is InChI=1S/C25H25N3O7/c1-2-34-21-15-17(8-9-20(21)35-16-22(29)27-10-12-33-13-11-27)14-19-23(30)26-25(32)28(24(19)31)18-6-4-3-5-7-18/h3-9,14-15H,2,10-13,16H2,1H3,(H,26,30,32)/b19-14-. The number of rotatable bonds is 7. The topological polar surface area (TPSA) is 114 Å². The maximum Gasteiger partial charge on any atom is 0.335 e. The van der Waals surface area contributed by atoms with Gasteiger partial charge in [-0.15, -0.1) is 0 Å². The lowest BCUT2D eigenvalue weighted by molar-refractivity contribution is -0.137. The summed E-state index contributed by atoms with van der Waals surface area (Å²) in [4.78, 5) is 52.8. The maximum atomic E-state index is 13.0. The van der Waals surface area contributed by atoms with Gasteiger partial charge in [0.05, 0.1) is 25.5 Å². The fraction of sp³-hybridized carbons (Fsp3) is 0.280. The van der Waals surface area contributed by atoms with Crippen LogP contribution < -0.4 is 19.7 Å². The number of hydrogen-bond acceptors (Lipinski definition) is 7. The van der Waals surface area contributed by atoms with Gasteiger partial charge in [-0.3, -0.25) is 19.7 Å². The predicted octanol–water partition coefficient (Wildman–Crippen LogP) is 1.99. The number of barbiturate groups is 1. The summed E-state index contributed by atoms with van der Waals surface area (Å²) in [5.74, 6) is -0.967. The van der Waals surface area contributed by atoms with Gasteiger partial charge in [-0.05, 0) is 42.8 Å². The summed E-state index contributed by atoms with van der Waals surface area (Å²) in [6.45, 7) is 4.02. The van der Waals surface area contributed by atoms with Gasteiger partial charge in [0.25, 0.3) is 17.7 Å². The van der Waals surface area contributed by atoms with Crippen LogP contribution in [-0.2, 0) is 19.1 Å². The third-order valence-corrected chi connectivity index (χ3v) is 5.41.